The molecule has 1 aromatic rings. The Morgan fingerprint density at radius 1 is 1.21 bits per heavy atom. The summed E-state index contributed by atoms with van der Waals surface area (Å²) in [6.45, 7) is 6.72. The van der Waals surface area contributed by atoms with Gasteiger partial charge in [0.15, 0.2) is 0 Å². The van der Waals surface area contributed by atoms with Crippen LogP contribution in [-0.2, 0) is 0 Å². The third-order valence-electron chi connectivity index (χ3n) is 3.99. The van der Waals surface area contributed by atoms with Gasteiger partial charge in [0.25, 0.3) is 0 Å². The van der Waals surface area contributed by atoms with E-state index in [0.717, 1.165) is 51.3 Å². The van der Waals surface area contributed by atoms with Crippen LogP contribution in [0.5, 0.6) is 0 Å². The first kappa shape index (κ1) is 14.3. The van der Waals surface area contributed by atoms with E-state index in [-0.39, 0.29) is 5.82 Å². The highest BCUT2D eigenvalue weighted by molar-refractivity contribution is 5.47. The number of anilines is 1. The van der Waals surface area contributed by atoms with Gasteiger partial charge in [0, 0.05) is 32.2 Å². The molecule has 0 amide bonds. The maximum atomic E-state index is 13.7. The largest absolute Gasteiger partial charge is 0.367 e. The average Bonchev–Trinajstić information content (AvgIpc) is 2.46. The van der Waals surface area contributed by atoms with Crippen LogP contribution in [0, 0.1) is 5.82 Å². The van der Waals surface area contributed by atoms with Crippen LogP contribution < -0.4 is 10.6 Å². The first-order valence-electron chi connectivity index (χ1n) is 7.19. The summed E-state index contributed by atoms with van der Waals surface area (Å²) in [5, 5.41) is 0. The number of nitrogens with zero attached hydrogens (tertiary/aromatic N) is 2. The lowest BCUT2D eigenvalue weighted by molar-refractivity contribution is 0.173. The third-order valence-corrected chi connectivity index (χ3v) is 3.99. The molecule has 1 aliphatic rings. The number of nitrogens with two attached hydrogens (primary N) is 1. The summed E-state index contributed by atoms with van der Waals surface area (Å²) >= 11 is 0. The molecule has 4 heteroatoms. The van der Waals surface area contributed by atoms with E-state index >= 15 is 0 Å². The minimum absolute atomic E-state index is 0.120. The van der Waals surface area contributed by atoms with Crippen molar-refractivity contribution in [1.29, 1.82) is 0 Å². The molecular weight excluding hydrogens is 241 g/mol. The molecule has 0 aliphatic carbocycles. The first-order valence-corrected chi connectivity index (χ1v) is 7.19. The second-order valence-corrected chi connectivity index (χ2v) is 5.11. The molecule has 1 aromatic carbocycles. The van der Waals surface area contributed by atoms with Gasteiger partial charge in [0.2, 0.25) is 0 Å². The van der Waals surface area contributed by atoms with Crippen molar-refractivity contribution < 1.29 is 4.39 Å². The van der Waals surface area contributed by atoms with Gasteiger partial charge in [-0.15, -0.1) is 0 Å². The molecule has 1 unspecified atom stereocenters. The smallest absolute Gasteiger partial charge is 0.146 e. The maximum absolute atomic E-state index is 13.7. The summed E-state index contributed by atoms with van der Waals surface area (Å²) in [7, 11) is 0. The van der Waals surface area contributed by atoms with Crippen LogP contribution >= 0.6 is 0 Å². The summed E-state index contributed by atoms with van der Waals surface area (Å²) in [5.41, 5.74) is 6.39. The van der Waals surface area contributed by atoms with E-state index in [1.165, 1.54) is 6.07 Å². The van der Waals surface area contributed by atoms with E-state index in [1.807, 2.05) is 12.1 Å². The normalized spacial score (nSPS) is 18.6. The summed E-state index contributed by atoms with van der Waals surface area (Å²) < 4.78 is 13.7. The number of para-hydroxylation sites is 1. The number of benzene rings is 1. The summed E-state index contributed by atoms with van der Waals surface area (Å²) in [4.78, 5) is 4.63. The highest BCUT2D eigenvalue weighted by Gasteiger charge is 2.23. The van der Waals surface area contributed by atoms with Crippen LogP contribution in [0.1, 0.15) is 19.8 Å². The van der Waals surface area contributed by atoms with Crippen LogP contribution in [0.2, 0.25) is 0 Å². The number of hydrogen-bond donors (Lipinski definition) is 1. The molecule has 1 atom stereocenters. The Hall–Kier alpha value is -1.13. The molecule has 0 bridgehead atoms. The van der Waals surface area contributed by atoms with E-state index < -0.39 is 0 Å². The van der Waals surface area contributed by atoms with Crippen LogP contribution in [0.15, 0.2) is 24.3 Å². The topological polar surface area (TPSA) is 32.5 Å². The number of piperazine rings is 1. The summed E-state index contributed by atoms with van der Waals surface area (Å²) in [5.74, 6) is -0.120. The highest BCUT2D eigenvalue weighted by atomic mass is 19.1. The van der Waals surface area contributed by atoms with E-state index in [9.17, 15) is 4.39 Å². The second-order valence-electron chi connectivity index (χ2n) is 5.11. The zero-order valence-electron chi connectivity index (χ0n) is 11.7. The van der Waals surface area contributed by atoms with E-state index in [1.54, 1.807) is 6.07 Å². The van der Waals surface area contributed by atoms with Crippen LogP contribution in [-0.4, -0.2) is 43.7 Å². The van der Waals surface area contributed by atoms with Crippen molar-refractivity contribution in [2.45, 2.75) is 25.8 Å². The van der Waals surface area contributed by atoms with Gasteiger partial charge < -0.3 is 10.6 Å². The van der Waals surface area contributed by atoms with Crippen molar-refractivity contribution in [2.75, 3.05) is 37.6 Å². The predicted molar refractivity (Wildman–Crippen MR) is 77.9 cm³/mol. The third kappa shape index (κ3) is 3.45. The average molecular weight is 265 g/mol. The van der Waals surface area contributed by atoms with Gasteiger partial charge in [-0.25, -0.2) is 4.39 Å². The van der Waals surface area contributed by atoms with Crippen molar-refractivity contribution in [3.05, 3.63) is 30.1 Å². The zero-order valence-corrected chi connectivity index (χ0v) is 11.7. The molecule has 1 saturated heterocycles. The Morgan fingerprint density at radius 3 is 2.47 bits per heavy atom. The Labute approximate surface area is 115 Å². The SMILES string of the molecule is CCC(CCN)N1CCN(c2ccccc2F)CC1. The molecule has 2 N–H and O–H groups in total. The minimum Gasteiger partial charge on any atom is -0.367 e. The molecule has 106 valence electrons. The fourth-order valence-corrected chi connectivity index (χ4v) is 2.87. The lowest BCUT2D eigenvalue weighted by Gasteiger charge is -2.40. The monoisotopic (exact) mass is 265 g/mol. The van der Waals surface area contributed by atoms with Crippen LogP contribution in [0.25, 0.3) is 0 Å². The molecule has 0 aromatic heterocycles. The van der Waals surface area contributed by atoms with Gasteiger partial charge in [-0.2, -0.15) is 0 Å². The van der Waals surface area contributed by atoms with Gasteiger partial charge in [-0.05, 0) is 31.5 Å². The lowest BCUT2D eigenvalue weighted by Crippen LogP contribution is -2.50. The van der Waals surface area contributed by atoms with Gasteiger partial charge in [-0.3, -0.25) is 4.90 Å². The lowest BCUT2D eigenvalue weighted by atomic mass is 10.1. The Kier molecular flexibility index (Phi) is 5.16. The quantitative estimate of drug-likeness (QED) is 0.884. The van der Waals surface area contributed by atoms with Crippen molar-refractivity contribution in [2.24, 2.45) is 5.73 Å². The van der Waals surface area contributed by atoms with Crippen molar-refractivity contribution in [3.8, 4) is 0 Å². The molecule has 0 radical (unpaired) electrons. The molecule has 3 nitrogen and oxygen atoms in total. The minimum atomic E-state index is -0.120. The Morgan fingerprint density at radius 2 is 1.89 bits per heavy atom. The van der Waals surface area contributed by atoms with Crippen molar-refractivity contribution >= 4 is 5.69 Å². The zero-order chi connectivity index (χ0) is 13.7. The molecule has 2 rings (SSSR count). The van der Waals surface area contributed by atoms with Crippen molar-refractivity contribution in [1.82, 2.24) is 4.90 Å². The van der Waals surface area contributed by atoms with Crippen LogP contribution in [0.3, 0.4) is 0 Å². The molecule has 19 heavy (non-hydrogen) atoms. The summed E-state index contributed by atoms with van der Waals surface area (Å²) in [6, 6.07) is 7.61. The fourth-order valence-electron chi connectivity index (χ4n) is 2.87. The number of halogens is 1. The molecule has 1 heterocycles. The predicted octanol–water partition coefficient (Wildman–Crippen LogP) is 2.08. The second kappa shape index (κ2) is 6.87. The van der Waals surface area contributed by atoms with E-state index in [4.69, 9.17) is 5.73 Å². The fraction of sp³-hybridized carbons (Fsp3) is 0.600. The molecule has 1 fully saturated rings. The molecule has 0 spiro atoms. The first-order chi connectivity index (χ1) is 9.26. The van der Waals surface area contributed by atoms with Gasteiger partial charge in [0.05, 0.1) is 5.69 Å². The molecular formula is C15H24FN3. The number of hydrogen-bond acceptors (Lipinski definition) is 3. The number of rotatable bonds is 5. The van der Waals surface area contributed by atoms with Gasteiger partial charge in [-0.1, -0.05) is 19.1 Å². The van der Waals surface area contributed by atoms with Gasteiger partial charge >= 0.3 is 0 Å². The van der Waals surface area contributed by atoms with Gasteiger partial charge in [0.1, 0.15) is 5.82 Å². The summed E-state index contributed by atoms with van der Waals surface area (Å²) in [6.07, 6.45) is 2.19. The van der Waals surface area contributed by atoms with E-state index in [2.05, 4.69) is 16.7 Å². The van der Waals surface area contributed by atoms with Crippen LogP contribution in [0.4, 0.5) is 10.1 Å². The highest BCUT2D eigenvalue weighted by Crippen LogP contribution is 2.21. The maximum Gasteiger partial charge on any atom is 0.146 e. The van der Waals surface area contributed by atoms with E-state index in [0.29, 0.717) is 6.04 Å². The molecule has 0 saturated carbocycles. The Bertz CT molecular complexity index is 389. The molecule has 1 aliphatic heterocycles. The Balaban J connectivity index is 1.94. The van der Waals surface area contributed by atoms with Crippen molar-refractivity contribution in [3.63, 3.8) is 0 Å². The standard InChI is InChI=1S/C15H24FN3/c1-2-13(7-8-17)18-9-11-19(12-10-18)15-6-4-3-5-14(15)16/h3-6,13H,2,7-12,17H2,1H3.